The zero-order valence-corrected chi connectivity index (χ0v) is 12.6. The van der Waals surface area contributed by atoms with Crippen molar-refractivity contribution in [1.29, 1.82) is 0 Å². The molecule has 0 radical (unpaired) electrons. The number of nitrogens with one attached hydrogen (secondary N) is 1. The molecular weight excluding hydrogens is 220 g/mol. The van der Waals surface area contributed by atoms with Gasteiger partial charge in [0.1, 0.15) is 0 Å². The molecule has 1 aromatic rings. The van der Waals surface area contributed by atoms with E-state index in [9.17, 15) is 0 Å². The Bertz CT molecular complexity index is 358. The van der Waals surface area contributed by atoms with E-state index in [0.717, 1.165) is 26.1 Å². The number of benzene rings is 1. The van der Waals surface area contributed by atoms with Crippen molar-refractivity contribution >= 4 is 0 Å². The average Bonchev–Trinajstić information content (AvgIpc) is 2.30. The topological polar surface area (TPSA) is 15.3 Å². The Hall–Kier alpha value is -0.860. The molecular formula is C16H28N2. The van der Waals surface area contributed by atoms with Crippen molar-refractivity contribution in [2.45, 2.75) is 40.2 Å². The van der Waals surface area contributed by atoms with Gasteiger partial charge in [0.05, 0.1) is 0 Å². The first-order valence-corrected chi connectivity index (χ1v) is 6.97. The van der Waals surface area contributed by atoms with Crippen LogP contribution in [0.5, 0.6) is 0 Å². The van der Waals surface area contributed by atoms with Crippen LogP contribution >= 0.6 is 0 Å². The fraction of sp³-hybridized carbons (Fsp3) is 0.625. The second kappa shape index (κ2) is 7.55. The lowest BCUT2D eigenvalue weighted by atomic mass is 10.0. The molecule has 0 aliphatic heterocycles. The summed E-state index contributed by atoms with van der Waals surface area (Å²) >= 11 is 0. The molecule has 0 aromatic heterocycles. The molecule has 102 valence electrons. The smallest absolute Gasteiger partial charge is 0.0104 e. The van der Waals surface area contributed by atoms with Gasteiger partial charge in [0, 0.05) is 25.7 Å². The van der Waals surface area contributed by atoms with E-state index in [1.54, 1.807) is 0 Å². The quantitative estimate of drug-likeness (QED) is 0.798. The van der Waals surface area contributed by atoms with Gasteiger partial charge in [0.2, 0.25) is 0 Å². The Morgan fingerprint density at radius 3 is 2.56 bits per heavy atom. The minimum absolute atomic E-state index is 0.581. The van der Waals surface area contributed by atoms with Crippen molar-refractivity contribution in [2.75, 3.05) is 26.7 Å². The van der Waals surface area contributed by atoms with Crippen LogP contribution in [0, 0.1) is 13.8 Å². The highest BCUT2D eigenvalue weighted by molar-refractivity contribution is 5.30. The molecule has 0 aliphatic carbocycles. The van der Waals surface area contributed by atoms with Crippen LogP contribution in [0.15, 0.2) is 18.2 Å². The third-order valence-electron chi connectivity index (χ3n) is 3.31. The molecule has 1 N–H and O–H groups in total. The monoisotopic (exact) mass is 248 g/mol. The summed E-state index contributed by atoms with van der Waals surface area (Å²) in [4.78, 5) is 2.40. The first kappa shape index (κ1) is 15.2. The second-order valence-electron chi connectivity index (χ2n) is 5.59. The van der Waals surface area contributed by atoms with Gasteiger partial charge in [-0.15, -0.1) is 0 Å². The lowest BCUT2D eigenvalue weighted by Gasteiger charge is -2.18. The molecule has 0 saturated heterocycles. The maximum atomic E-state index is 3.45. The van der Waals surface area contributed by atoms with E-state index in [2.05, 4.69) is 63.2 Å². The summed E-state index contributed by atoms with van der Waals surface area (Å²) in [6.45, 7) is 12.1. The van der Waals surface area contributed by atoms with Crippen LogP contribution in [0.2, 0.25) is 0 Å². The van der Waals surface area contributed by atoms with Gasteiger partial charge in [-0.05, 0) is 38.4 Å². The fourth-order valence-electron chi connectivity index (χ4n) is 2.04. The minimum atomic E-state index is 0.581. The summed E-state index contributed by atoms with van der Waals surface area (Å²) in [5, 5.41) is 3.45. The number of rotatable bonds is 7. The standard InChI is InChI=1S/C16H28N2/c1-13(2)17-9-11-18(5)10-8-16-12-14(3)6-7-15(16)4/h6-7,12-13,17H,8-11H2,1-5H3. The summed E-state index contributed by atoms with van der Waals surface area (Å²) < 4.78 is 0. The molecule has 0 saturated carbocycles. The largest absolute Gasteiger partial charge is 0.313 e. The molecule has 0 fully saturated rings. The SMILES string of the molecule is Cc1ccc(C)c(CCN(C)CCNC(C)C)c1. The molecule has 0 amide bonds. The Morgan fingerprint density at radius 2 is 1.89 bits per heavy atom. The van der Waals surface area contributed by atoms with Gasteiger partial charge in [-0.3, -0.25) is 0 Å². The molecule has 1 aromatic carbocycles. The maximum absolute atomic E-state index is 3.45. The van der Waals surface area contributed by atoms with Crippen LogP contribution in [0.25, 0.3) is 0 Å². The van der Waals surface area contributed by atoms with Crippen molar-refractivity contribution < 1.29 is 0 Å². The fourth-order valence-corrected chi connectivity index (χ4v) is 2.04. The van der Waals surface area contributed by atoms with E-state index < -0.39 is 0 Å². The van der Waals surface area contributed by atoms with Crippen LogP contribution in [0.3, 0.4) is 0 Å². The number of likely N-dealkylation sites (N-methyl/N-ethyl adjacent to an activating group) is 1. The summed E-state index contributed by atoms with van der Waals surface area (Å²) in [6, 6.07) is 7.31. The van der Waals surface area contributed by atoms with E-state index >= 15 is 0 Å². The molecule has 18 heavy (non-hydrogen) atoms. The highest BCUT2D eigenvalue weighted by Crippen LogP contribution is 2.11. The molecule has 0 spiro atoms. The number of hydrogen-bond acceptors (Lipinski definition) is 2. The lowest BCUT2D eigenvalue weighted by molar-refractivity contribution is 0.330. The maximum Gasteiger partial charge on any atom is 0.0104 e. The molecule has 1 rings (SSSR count). The first-order valence-electron chi connectivity index (χ1n) is 6.97. The Labute approximate surface area is 112 Å². The molecule has 0 heterocycles. The van der Waals surface area contributed by atoms with Crippen molar-refractivity contribution in [3.05, 3.63) is 34.9 Å². The summed E-state index contributed by atoms with van der Waals surface area (Å²) in [6.07, 6.45) is 1.14. The van der Waals surface area contributed by atoms with Gasteiger partial charge >= 0.3 is 0 Å². The molecule has 0 aliphatic rings. The lowest BCUT2D eigenvalue weighted by Crippen LogP contribution is -2.33. The van der Waals surface area contributed by atoms with E-state index in [1.807, 2.05) is 0 Å². The van der Waals surface area contributed by atoms with E-state index in [4.69, 9.17) is 0 Å². The van der Waals surface area contributed by atoms with E-state index in [-0.39, 0.29) is 0 Å². The molecule has 0 atom stereocenters. The van der Waals surface area contributed by atoms with Crippen LogP contribution in [-0.2, 0) is 6.42 Å². The summed E-state index contributed by atoms with van der Waals surface area (Å²) in [5.41, 5.74) is 4.26. The second-order valence-corrected chi connectivity index (χ2v) is 5.59. The van der Waals surface area contributed by atoms with Gasteiger partial charge in [0.15, 0.2) is 0 Å². The number of hydrogen-bond donors (Lipinski definition) is 1. The van der Waals surface area contributed by atoms with Crippen LogP contribution in [0.1, 0.15) is 30.5 Å². The summed E-state index contributed by atoms with van der Waals surface area (Å²) in [7, 11) is 2.20. The highest BCUT2D eigenvalue weighted by Gasteiger charge is 2.02. The van der Waals surface area contributed by atoms with Gasteiger partial charge in [-0.1, -0.05) is 37.6 Å². The highest BCUT2D eigenvalue weighted by atomic mass is 15.1. The Balaban J connectivity index is 2.33. The predicted molar refractivity (Wildman–Crippen MR) is 80.3 cm³/mol. The van der Waals surface area contributed by atoms with Crippen LogP contribution in [-0.4, -0.2) is 37.6 Å². The minimum Gasteiger partial charge on any atom is -0.313 e. The van der Waals surface area contributed by atoms with Gasteiger partial charge in [-0.25, -0.2) is 0 Å². The van der Waals surface area contributed by atoms with Crippen molar-refractivity contribution in [3.63, 3.8) is 0 Å². The van der Waals surface area contributed by atoms with Gasteiger partial charge in [0.25, 0.3) is 0 Å². The summed E-state index contributed by atoms with van der Waals surface area (Å²) in [5.74, 6) is 0. The van der Waals surface area contributed by atoms with Crippen molar-refractivity contribution in [2.24, 2.45) is 0 Å². The first-order chi connectivity index (χ1) is 8.49. The van der Waals surface area contributed by atoms with E-state index in [1.165, 1.54) is 16.7 Å². The molecule has 2 heteroatoms. The zero-order chi connectivity index (χ0) is 13.5. The molecule has 0 bridgehead atoms. The normalized spacial score (nSPS) is 11.5. The number of aryl methyl sites for hydroxylation is 2. The van der Waals surface area contributed by atoms with Gasteiger partial charge < -0.3 is 10.2 Å². The van der Waals surface area contributed by atoms with Gasteiger partial charge in [-0.2, -0.15) is 0 Å². The molecule has 2 nitrogen and oxygen atoms in total. The van der Waals surface area contributed by atoms with Crippen molar-refractivity contribution in [3.8, 4) is 0 Å². The average molecular weight is 248 g/mol. The third-order valence-corrected chi connectivity index (χ3v) is 3.31. The Kier molecular flexibility index (Phi) is 6.37. The van der Waals surface area contributed by atoms with E-state index in [0.29, 0.717) is 6.04 Å². The Morgan fingerprint density at radius 1 is 1.17 bits per heavy atom. The van der Waals surface area contributed by atoms with Crippen LogP contribution in [0.4, 0.5) is 0 Å². The van der Waals surface area contributed by atoms with Crippen molar-refractivity contribution in [1.82, 2.24) is 10.2 Å². The number of nitrogens with zero attached hydrogens (tertiary/aromatic N) is 1. The third kappa shape index (κ3) is 5.65. The molecule has 0 unspecified atom stereocenters. The predicted octanol–water partition coefficient (Wildman–Crippen LogP) is 2.78. The zero-order valence-electron chi connectivity index (χ0n) is 12.6. The van der Waals surface area contributed by atoms with Crippen LogP contribution < -0.4 is 5.32 Å².